The minimum Gasteiger partial charge on any atom is -0.490 e. The van der Waals surface area contributed by atoms with Crippen LogP contribution in [0.15, 0.2) is 41.9 Å². The van der Waals surface area contributed by atoms with Crippen molar-refractivity contribution in [2.45, 2.75) is 10.8 Å². The number of methoxy groups -OCH3 is 1. The van der Waals surface area contributed by atoms with Crippen molar-refractivity contribution in [1.82, 2.24) is 19.9 Å². The molecule has 0 aliphatic carbocycles. The lowest BCUT2D eigenvalue weighted by molar-refractivity contribution is 0.146. The molecular weight excluding hydrogens is 402 g/mol. The average molecular weight is 419 g/mol. The van der Waals surface area contributed by atoms with Crippen molar-refractivity contribution in [3.8, 4) is 29.1 Å². The highest BCUT2D eigenvalue weighted by Crippen LogP contribution is 2.35. The van der Waals surface area contributed by atoms with Crippen molar-refractivity contribution in [1.29, 1.82) is 10.5 Å². The third-order valence-electron chi connectivity index (χ3n) is 3.96. The zero-order chi connectivity index (χ0) is 21.3. The first-order valence-corrected chi connectivity index (χ1v) is 9.76. The van der Waals surface area contributed by atoms with Crippen molar-refractivity contribution in [3.63, 3.8) is 0 Å². The Morgan fingerprint density at radius 1 is 1.10 bits per heavy atom. The molecule has 0 atom stereocenters. The van der Waals surface area contributed by atoms with Crippen molar-refractivity contribution in [2.24, 2.45) is 0 Å². The highest BCUT2D eigenvalue weighted by molar-refractivity contribution is 7.98. The Hall–Kier alpha value is -3.73. The predicted octanol–water partition coefficient (Wildman–Crippen LogP) is 2.58. The summed E-state index contributed by atoms with van der Waals surface area (Å²) in [7, 11) is 1.59. The molecular formula is C20H17N7O2S. The number of hydrogen-bond acceptors (Lipinski definition) is 10. The predicted molar refractivity (Wildman–Crippen MR) is 110 cm³/mol. The highest BCUT2D eigenvalue weighted by atomic mass is 32.2. The fraction of sp³-hybridized carbons (Fsp3) is 0.200. The molecule has 0 fully saturated rings. The maximum Gasteiger partial charge on any atom is 0.143 e. The topological polar surface area (TPSA) is 144 Å². The van der Waals surface area contributed by atoms with Crippen LogP contribution in [0.5, 0.6) is 5.75 Å². The van der Waals surface area contributed by atoms with Crippen LogP contribution in [0.4, 0.5) is 5.82 Å². The molecule has 150 valence electrons. The van der Waals surface area contributed by atoms with Gasteiger partial charge in [0.25, 0.3) is 0 Å². The molecule has 2 N–H and O–H groups in total. The number of hydrogen-bond donors (Lipinski definition) is 1. The first-order chi connectivity index (χ1) is 14.7. The van der Waals surface area contributed by atoms with Crippen LogP contribution in [0.25, 0.3) is 11.3 Å². The monoisotopic (exact) mass is 419 g/mol. The minimum atomic E-state index is 0.0407. The van der Waals surface area contributed by atoms with E-state index in [9.17, 15) is 10.5 Å². The largest absolute Gasteiger partial charge is 0.490 e. The van der Waals surface area contributed by atoms with Crippen molar-refractivity contribution in [2.75, 3.05) is 26.1 Å². The normalized spacial score (nSPS) is 10.2. The fourth-order valence-electron chi connectivity index (χ4n) is 2.56. The Labute approximate surface area is 177 Å². The van der Waals surface area contributed by atoms with Crippen LogP contribution in [0.1, 0.15) is 16.8 Å². The summed E-state index contributed by atoms with van der Waals surface area (Å²) in [5.41, 5.74) is 7.93. The standard InChI is InChI=1S/C20H17N7O2S/c1-28-6-7-29-14-2-3-17(25-10-14)18-15(8-21)19(23)27-20(16(18)9-22)30-11-13-4-5-24-12-26-13/h2-5,10,12H,6-7,11H2,1H3,(H2,23,27). The first-order valence-electron chi connectivity index (χ1n) is 8.77. The van der Waals surface area contributed by atoms with E-state index >= 15 is 0 Å². The van der Waals surface area contributed by atoms with Crippen LogP contribution in [0, 0.1) is 22.7 Å². The molecule has 3 heterocycles. The zero-order valence-electron chi connectivity index (χ0n) is 16.1. The Morgan fingerprint density at radius 3 is 2.57 bits per heavy atom. The maximum atomic E-state index is 9.82. The summed E-state index contributed by atoms with van der Waals surface area (Å²) in [6.45, 7) is 0.836. The Kier molecular flexibility index (Phi) is 7.11. The van der Waals surface area contributed by atoms with Crippen molar-refractivity contribution in [3.05, 3.63) is 53.7 Å². The Bertz CT molecular complexity index is 1090. The summed E-state index contributed by atoms with van der Waals surface area (Å²) >= 11 is 1.30. The second kappa shape index (κ2) is 10.2. The molecule has 3 aromatic heterocycles. The molecule has 0 saturated carbocycles. The second-order valence-electron chi connectivity index (χ2n) is 5.86. The summed E-state index contributed by atoms with van der Waals surface area (Å²) < 4.78 is 10.5. The number of nitriles is 2. The van der Waals surface area contributed by atoms with Gasteiger partial charge in [0.05, 0.1) is 29.8 Å². The molecule has 0 aromatic carbocycles. The molecule has 0 spiro atoms. The van der Waals surface area contributed by atoms with Gasteiger partial charge in [-0.2, -0.15) is 10.5 Å². The molecule has 0 aliphatic heterocycles. The lowest BCUT2D eigenvalue weighted by Gasteiger charge is -2.13. The molecule has 0 unspecified atom stereocenters. The number of anilines is 1. The number of pyridine rings is 2. The van der Waals surface area contributed by atoms with Crippen LogP contribution < -0.4 is 10.5 Å². The number of nitrogens with two attached hydrogens (primary N) is 1. The van der Waals surface area contributed by atoms with Gasteiger partial charge in [-0.15, -0.1) is 0 Å². The van der Waals surface area contributed by atoms with Crippen LogP contribution >= 0.6 is 11.8 Å². The van der Waals surface area contributed by atoms with Crippen LogP contribution in [0.2, 0.25) is 0 Å². The molecule has 0 radical (unpaired) electrons. The van der Waals surface area contributed by atoms with Gasteiger partial charge in [0.1, 0.15) is 47.2 Å². The van der Waals surface area contributed by atoms with Gasteiger partial charge in [-0.05, 0) is 18.2 Å². The van der Waals surface area contributed by atoms with E-state index in [1.807, 2.05) is 6.07 Å². The van der Waals surface area contributed by atoms with E-state index in [4.69, 9.17) is 15.2 Å². The average Bonchev–Trinajstić information content (AvgIpc) is 2.78. The van der Waals surface area contributed by atoms with Crippen molar-refractivity contribution < 1.29 is 9.47 Å². The zero-order valence-corrected chi connectivity index (χ0v) is 16.9. The number of rotatable bonds is 8. The molecule has 3 aromatic rings. The van der Waals surface area contributed by atoms with E-state index in [-0.39, 0.29) is 16.9 Å². The van der Waals surface area contributed by atoms with E-state index in [2.05, 4.69) is 26.0 Å². The Morgan fingerprint density at radius 2 is 1.93 bits per heavy atom. The first kappa shape index (κ1) is 21.0. The lowest BCUT2D eigenvalue weighted by atomic mass is 10.0. The summed E-state index contributed by atoms with van der Waals surface area (Å²) in [6, 6.07) is 9.35. The number of thioether (sulfide) groups is 1. The van der Waals surface area contributed by atoms with E-state index in [0.717, 1.165) is 5.69 Å². The summed E-state index contributed by atoms with van der Waals surface area (Å²) in [5, 5.41) is 19.8. The Balaban J connectivity index is 1.97. The third-order valence-corrected chi connectivity index (χ3v) is 4.97. The van der Waals surface area contributed by atoms with Gasteiger partial charge >= 0.3 is 0 Å². The van der Waals surface area contributed by atoms with Crippen LogP contribution in [-0.2, 0) is 10.5 Å². The third kappa shape index (κ3) is 4.81. The van der Waals surface area contributed by atoms with E-state index in [0.29, 0.717) is 41.0 Å². The molecule has 0 bridgehead atoms. The van der Waals surface area contributed by atoms with Gasteiger partial charge in [0.2, 0.25) is 0 Å². The molecule has 3 rings (SSSR count). The van der Waals surface area contributed by atoms with E-state index < -0.39 is 0 Å². The van der Waals surface area contributed by atoms with Crippen molar-refractivity contribution >= 4 is 17.6 Å². The quantitative estimate of drug-likeness (QED) is 0.427. The second-order valence-corrected chi connectivity index (χ2v) is 6.82. The van der Waals surface area contributed by atoms with Gasteiger partial charge in [-0.1, -0.05) is 11.8 Å². The van der Waals surface area contributed by atoms with E-state index in [1.165, 1.54) is 24.3 Å². The summed E-state index contributed by atoms with van der Waals surface area (Å²) in [4.78, 5) is 16.7. The van der Waals surface area contributed by atoms with Gasteiger partial charge in [0.15, 0.2) is 0 Å². The minimum absolute atomic E-state index is 0.0407. The smallest absolute Gasteiger partial charge is 0.143 e. The maximum absolute atomic E-state index is 9.82. The van der Waals surface area contributed by atoms with Gasteiger partial charge < -0.3 is 15.2 Å². The highest BCUT2D eigenvalue weighted by Gasteiger charge is 2.21. The number of nitrogens with zero attached hydrogens (tertiary/aromatic N) is 6. The van der Waals surface area contributed by atoms with Crippen LogP contribution in [-0.4, -0.2) is 40.3 Å². The van der Waals surface area contributed by atoms with Gasteiger partial charge in [0, 0.05) is 24.6 Å². The number of ether oxygens (including phenoxy) is 2. The fourth-order valence-corrected chi connectivity index (χ4v) is 3.47. The molecule has 0 saturated heterocycles. The molecule has 0 aliphatic rings. The lowest BCUT2D eigenvalue weighted by Crippen LogP contribution is -2.06. The SMILES string of the molecule is COCCOc1ccc(-c2c(C#N)c(N)nc(SCc3ccncn3)c2C#N)nc1. The molecule has 30 heavy (non-hydrogen) atoms. The summed E-state index contributed by atoms with van der Waals surface area (Å²) in [6.07, 6.45) is 4.62. The number of aromatic nitrogens is 4. The summed E-state index contributed by atoms with van der Waals surface area (Å²) in [5.74, 6) is 1.06. The van der Waals surface area contributed by atoms with Gasteiger partial charge in [-0.3, -0.25) is 4.98 Å². The molecule has 9 nitrogen and oxygen atoms in total. The molecule has 0 amide bonds. The number of nitrogen functional groups attached to an aromatic ring is 1. The van der Waals surface area contributed by atoms with E-state index in [1.54, 1.807) is 31.5 Å². The molecule has 10 heteroatoms. The van der Waals surface area contributed by atoms with Gasteiger partial charge in [-0.25, -0.2) is 15.0 Å². The van der Waals surface area contributed by atoms with Crippen LogP contribution in [0.3, 0.4) is 0 Å².